The molecule has 2 heterocycles. The fraction of sp³-hybridized carbons (Fsp3) is 0.714. The molecule has 0 spiro atoms. The van der Waals surface area contributed by atoms with E-state index in [2.05, 4.69) is 5.32 Å². The van der Waals surface area contributed by atoms with Gasteiger partial charge in [-0.3, -0.25) is 0 Å². The van der Waals surface area contributed by atoms with Crippen molar-refractivity contribution in [2.75, 3.05) is 27.3 Å². The molecule has 0 unspecified atom stereocenters. The molecule has 1 aliphatic heterocycles. The molecule has 120 valence electrons. The zero-order chi connectivity index (χ0) is 15.5. The van der Waals surface area contributed by atoms with Crippen LogP contribution in [0.15, 0.2) is 17.2 Å². The largest absolute Gasteiger partial charge is 0.381 e. The fourth-order valence-electron chi connectivity index (χ4n) is 2.70. The van der Waals surface area contributed by atoms with Crippen molar-refractivity contribution in [3.05, 3.63) is 18.0 Å². The number of nitrogens with zero attached hydrogens (tertiary/aromatic N) is 2. The highest BCUT2D eigenvalue weighted by Crippen LogP contribution is 2.23. The topological polar surface area (TPSA) is 63.6 Å². The lowest BCUT2D eigenvalue weighted by atomic mass is 10.1. The van der Waals surface area contributed by atoms with E-state index in [9.17, 15) is 8.42 Å². The average molecular weight is 315 g/mol. The fourth-order valence-corrected chi connectivity index (χ4v) is 4.18. The normalized spacial score (nSPS) is 17.5. The van der Waals surface area contributed by atoms with Gasteiger partial charge in [0.05, 0.1) is 0 Å². The standard InChI is InChI=1S/C14H25N3O3S/c1-4-17-11-14(9-13(17)10-15-2)21(18,19)16(3)12-5-7-20-8-6-12/h9,11-12,15H,4-8,10H2,1-3H3. The molecule has 0 amide bonds. The smallest absolute Gasteiger partial charge is 0.244 e. The van der Waals surface area contributed by atoms with Crippen LogP contribution in [0.5, 0.6) is 0 Å². The summed E-state index contributed by atoms with van der Waals surface area (Å²) in [6, 6.07) is 1.80. The van der Waals surface area contributed by atoms with Gasteiger partial charge in [-0.05, 0) is 32.9 Å². The van der Waals surface area contributed by atoms with Crippen LogP contribution in [0.1, 0.15) is 25.5 Å². The molecule has 0 saturated carbocycles. The quantitative estimate of drug-likeness (QED) is 0.851. The highest BCUT2D eigenvalue weighted by atomic mass is 32.2. The monoisotopic (exact) mass is 315 g/mol. The third-order valence-corrected chi connectivity index (χ3v) is 5.92. The summed E-state index contributed by atoms with van der Waals surface area (Å²) in [5.74, 6) is 0. The summed E-state index contributed by atoms with van der Waals surface area (Å²) in [7, 11) is 0.0899. The van der Waals surface area contributed by atoms with Crippen LogP contribution in [0.3, 0.4) is 0 Å². The molecule has 1 aromatic rings. The molecule has 2 rings (SSSR count). The van der Waals surface area contributed by atoms with Gasteiger partial charge < -0.3 is 14.6 Å². The maximum absolute atomic E-state index is 12.8. The molecule has 0 bridgehead atoms. The van der Waals surface area contributed by atoms with E-state index in [1.54, 1.807) is 19.3 Å². The van der Waals surface area contributed by atoms with Gasteiger partial charge in [0, 0.05) is 51.3 Å². The maximum Gasteiger partial charge on any atom is 0.244 e. The Labute approximate surface area is 127 Å². The van der Waals surface area contributed by atoms with E-state index in [4.69, 9.17) is 4.74 Å². The molecule has 1 aromatic heterocycles. The van der Waals surface area contributed by atoms with Gasteiger partial charge in [-0.25, -0.2) is 8.42 Å². The summed E-state index contributed by atoms with van der Waals surface area (Å²) in [6.07, 6.45) is 3.25. The van der Waals surface area contributed by atoms with Crippen LogP contribution in [0.4, 0.5) is 0 Å². The molecule has 1 aliphatic rings. The Morgan fingerprint density at radius 3 is 2.67 bits per heavy atom. The van der Waals surface area contributed by atoms with E-state index in [0.29, 0.717) is 24.7 Å². The summed E-state index contributed by atoms with van der Waals surface area (Å²) >= 11 is 0. The zero-order valence-corrected chi connectivity index (χ0v) is 13.8. The Morgan fingerprint density at radius 2 is 2.10 bits per heavy atom. The molecular weight excluding hydrogens is 290 g/mol. The first kappa shape index (κ1) is 16.5. The van der Waals surface area contributed by atoms with Crippen molar-refractivity contribution in [3.63, 3.8) is 0 Å². The third kappa shape index (κ3) is 3.48. The summed E-state index contributed by atoms with van der Waals surface area (Å²) in [5, 5.41) is 3.07. The second-order valence-corrected chi connectivity index (χ2v) is 7.35. The van der Waals surface area contributed by atoms with Crippen LogP contribution in [0.2, 0.25) is 0 Å². The van der Waals surface area contributed by atoms with E-state index in [1.165, 1.54) is 4.31 Å². The van der Waals surface area contributed by atoms with Crippen LogP contribution in [0.25, 0.3) is 0 Å². The molecular formula is C14H25N3O3S. The molecule has 1 saturated heterocycles. The Balaban J connectivity index is 2.25. The number of nitrogens with one attached hydrogen (secondary N) is 1. The van der Waals surface area contributed by atoms with Gasteiger partial charge in [-0.15, -0.1) is 0 Å². The number of aromatic nitrogens is 1. The second kappa shape index (κ2) is 6.91. The number of sulfonamides is 1. The average Bonchev–Trinajstić information content (AvgIpc) is 2.91. The Kier molecular flexibility index (Phi) is 5.43. The highest BCUT2D eigenvalue weighted by Gasteiger charge is 2.30. The first-order chi connectivity index (χ1) is 10.0. The van der Waals surface area contributed by atoms with E-state index in [0.717, 1.165) is 25.1 Å². The van der Waals surface area contributed by atoms with E-state index in [-0.39, 0.29) is 6.04 Å². The molecule has 7 heteroatoms. The SMILES string of the molecule is CCn1cc(S(=O)(=O)N(C)C2CCOCC2)cc1CNC. The van der Waals surface area contributed by atoms with Crippen molar-refractivity contribution in [2.45, 2.75) is 43.8 Å². The molecule has 0 radical (unpaired) electrons. The molecule has 6 nitrogen and oxygen atoms in total. The number of ether oxygens (including phenoxy) is 1. The molecule has 0 aromatic carbocycles. The van der Waals surface area contributed by atoms with E-state index >= 15 is 0 Å². The minimum Gasteiger partial charge on any atom is -0.381 e. The number of aryl methyl sites for hydroxylation is 1. The van der Waals surface area contributed by atoms with Gasteiger partial charge >= 0.3 is 0 Å². The first-order valence-electron chi connectivity index (χ1n) is 7.40. The highest BCUT2D eigenvalue weighted by molar-refractivity contribution is 7.89. The zero-order valence-electron chi connectivity index (χ0n) is 13.0. The van der Waals surface area contributed by atoms with Gasteiger partial charge in [-0.2, -0.15) is 4.31 Å². The predicted octanol–water partition coefficient (Wildman–Crippen LogP) is 1.03. The van der Waals surface area contributed by atoms with Crippen LogP contribution < -0.4 is 5.32 Å². The van der Waals surface area contributed by atoms with Crippen LogP contribution in [-0.2, 0) is 27.8 Å². The first-order valence-corrected chi connectivity index (χ1v) is 8.84. The Hall–Kier alpha value is -0.890. The van der Waals surface area contributed by atoms with Crippen LogP contribution in [0, 0.1) is 0 Å². The third-order valence-electron chi connectivity index (χ3n) is 4.04. The molecule has 0 aliphatic carbocycles. The van der Waals surface area contributed by atoms with Gasteiger partial charge in [0.1, 0.15) is 4.90 Å². The Morgan fingerprint density at radius 1 is 1.43 bits per heavy atom. The van der Waals surface area contributed by atoms with Gasteiger partial charge in [-0.1, -0.05) is 0 Å². The number of hydrogen-bond donors (Lipinski definition) is 1. The summed E-state index contributed by atoms with van der Waals surface area (Å²) < 4.78 is 34.3. The molecule has 1 N–H and O–H groups in total. The van der Waals surface area contributed by atoms with E-state index in [1.807, 2.05) is 18.5 Å². The minimum absolute atomic E-state index is 0.0291. The second-order valence-electron chi connectivity index (χ2n) is 5.35. The van der Waals surface area contributed by atoms with Crippen LogP contribution >= 0.6 is 0 Å². The number of hydrogen-bond acceptors (Lipinski definition) is 4. The van der Waals surface area contributed by atoms with Crippen molar-refractivity contribution in [1.82, 2.24) is 14.2 Å². The molecule has 1 fully saturated rings. The maximum atomic E-state index is 12.8. The Bertz CT molecular complexity index is 562. The lowest BCUT2D eigenvalue weighted by molar-refractivity contribution is 0.0632. The predicted molar refractivity (Wildman–Crippen MR) is 81.7 cm³/mol. The van der Waals surface area contributed by atoms with Crippen LogP contribution in [-0.4, -0.2) is 50.6 Å². The molecule has 0 atom stereocenters. The lowest BCUT2D eigenvalue weighted by Crippen LogP contribution is -2.40. The van der Waals surface area contributed by atoms with Gasteiger partial charge in [0.2, 0.25) is 10.0 Å². The summed E-state index contributed by atoms with van der Waals surface area (Å²) in [5.41, 5.74) is 0.985. The van der Waals surface area contributed by atoms with Crippen molar-refractivity contribution in [3.8, 4) is 0 Å². The van der Waals surface area contributed by atoms with Crippen molar-refractivity contribution < 1.29 is 13.2 Å². The summed E-state index contributed by atoms with van der Waals surface area (Å²) in [4.78, 5) is 0.378. The summed E-state index contributed by atoms with van der Waals surface area (Å²) in [6.45, 7) is 4.69. The lowest BCUT2D eigenvalue weighted by Gasteiger charge is -2.30. The van der Waals surface area contributed by atoms with Crippen molar-refractivity contribution in [2.24, 2.45) is 0 Å². The van der Waals surface area contributed by atoms with Crippen molar-refractivity contribution >= 4 is 10.0 Å². The van der Waals surface area contributed by atoms with E-state index < -0.39 is 10.0 Å². The molecule has 21 heavy (non-hydrogen) atoms. The number of rotatable bonds is 6. The van der Waals surface area contributed by atoms with Gasteiger partial charge in [0.15, 0.2) is 0 Å². The minimum atomic E-state index is -3.44. The van der Waals surface area contributed by atoms with Crippen molar-refractivity contribution in [1.29, 1.82) is 0 Å². The van der Waals surface area contributed by atoms with Gasteiger partial charge in [0.25, 0.3) is 0 Å².